The molecule has 1 N–H and O–H groups in total. The molecule has 20 heavy (non-hydrogen) atoms. The number of amides is 2. The van der Waals surface area contributed by atoms with Crippen molar-refractivity contribution in [2.75, 3.05) is 19.6 Å². The lowest BCUT2D eigenvalue weighted by atomic mass is 9.49. The van der Waals surface area contributed by atoms with Crippen LogP contribution in [0.4, 0.5) is 4.79 Å². The molecule has 0 radical (unpaired) electrons. The number of nitrogens with one attached hydrogen (secondary N) is 1. The Hall–Kier alpha value is -0.990. The molecule has 3 aliphatic carbocycles. The van der Waals surface area contributed by atoms with Crippen molar-refractivity contribution in [2.45, 2.75) is 53.4 Å². The topological polar surface area (TPSA) is 32.3 Å². The third kappa shape index (κ3) is 2.87. The molecule has 3 aliphatic rings. The predicted molar refractivity (Wildman–Crippen MR) is 83.6 cm³/mol. The van der Waals surface area contributed by atoms with Crippen LogP contribution in [0.15, 0.2) is 11.6 Å². The van der Waals surface area contributed by atoms with E-state index in [2.05, 4.69) is 32.2 Å². The molecule has 2 atom stereocenters. The summed E-state index contributed by atoms with van der Waals surface area (Å²) < 4.78 is 0. The molecule has 3 heteroatoms. The first-order chi connectivity index (χ1) is 9.50. The minimum Gasteiger partial charge on any atom is -0.338 e. The van der Waals surface area contributed by atoms with Crippen LogP contribution < -0.4 is 5.32 Å². The maximum absolute atomic E-state index is 12.2. The molecule has 0 aromatic carbocycles. The summed E-state index contributed by atoms with van der Waals surface area (Å²) in [6.45, 7) is 11.3. The average molecular weight is 278 g/mol. The zero-order valence-corrected chi connectivity index (χ0v) is 13.5. The molecule has 0 heterocycles. The molecule has 2 unspecified atom stereocenters. The number of nitrogens with zero attached hydrogens (tertiary/aromatic N) is 1. The Bertz CT molecular complexity index is 386. The van der Waals surface area contributed by atoms with Gasteiger partial charge in [0.05, 0.1) is 0 Å². The molecule has 0 aromatic rings. The van der Waals surface area contributed by atoms with Gasteiger partial charge in [0.1, 0.15) is 0 Å². The van der Waals surface area contributed by atoms with Crippen LogP contribution in [-0.4, -0.2) is 30.6 Å². The summed E-state index contributed by atoms with van der Waals surface area (Å²) in [7, 11) is 0. The van der Waals surface area contributed by atoms with Gasteiger partial charge in [-0.15, -0.1) is 0 Å². The highest BCUT2D eigenvalue weighted by molar-refractivity contribution is 5.74. The predicted octanol–water partition coefficient (Wildman–Crippen LogP) is 3.81. The Kier molecular flexibility index (Phi) is 4.77. The van der Waals surface area contributed by atoms with Gasteiger partial charge in [-0.1, -0.05) is 38.8 Å². The van der Waals surface area contributed by atoms with Gasteiger partial charge < -0.3 is 10.2 Å². The normalized spacial score (nSPS) is 26.5. The summed E-state index contributed by atoms with van der Waals surface area (Å²) in [6, 6.07) is 0.0982. The number of rotatable bonds is 6. The van der Waals surface area contributed by atoms with Crippen molar-refractivity contribution in [2.24, 2.45) is 17.3 Å². The standard InChI is InChI=1S/C17H30N2O/c1-5-7-10-19(16(20)18-6-2)12-13-8-9-14-11-15(13)17(14,3)4/h8,14-15H,5-7,9-12H2,1-4H3,(H,18,20). The number of urea groups is 1. The molecule has 1 fully saturated rings. The van der Waals surface area contributed by atoms with Crippen molar-refractivity contribution >= 4 is 6.03 Å². The first-order valence-electron chi connectivity index (χ1n) is 8.22. The van der Waals surface area contributed by atoms with Gasteiger partial charge >= 0.3 is 6.03 Å². The molecule has 2 amide bonds. The fourth-order valence-electron chi connectivity index (χ4n) is 3.74. The Morgan fingerprint density at radius 1 is 1.45 bits per heavy atom. The van der Waals surface area contributed by atoms with Crippen molar-refractivity contribution in [3.63, 3.8) is 0 Å². The number of unbranched alkanes of at least 4 members (excludes halogenated alkanes) is 1. The van der Waals surface area contributed by atoms with Crippen LogP contribution in [0.3, 0.4) is 0 Å². The number of carbonyl (C=O) groups is 1. The largest absolute Gasteiger partial charge is 0.338 e. The van der Waals surface area contributed by atoms with Gasteiger partial charge in [-0.3, -0.25) is 0 Å². The molecule has 1 saturated carbocycles. The van der Waals surface area contributed by atoms with Gasteiger partial charge in [0.25, 0.3) is 0 Å². The minimum absolute atomic E-state index is 0.0982. The van der Waals surface area contributed by atoms with E-state index in [-0.39, 0.29) is 6.03 Å². The molecule has 0 saturated heterocycles. The lowest BCUT2D eigenvalue weighted by molar-refractivity contribution is -0.00965. The van der Waals surface area contributed by atoms with Gasteiger partial charge in [-0.05, 0) is 43.4 Å². The summed E-state index contributed by atoms with van der Waals surface area (Å²) in [5.41, 5.74) is 1.95. The summed E-state index contributed by atoms with van der Waals surface area (Å²) in [6.07, 6.45) is 7.15. The fourth-order valence-corrected chi connectivity index (χ4v) is 3.74. The Balaban J connectivity index is 2.00. The molecule has 3 nitrogen and oxygen atoms in total. The zero-order chi connectivity index (χ0) is 14.8. The lowest BCUT2D eigenvalue weighted by Gasteiger charge is -2.57. The number of allylic oxidation sites excluding steroid dienone is 1. The number of hydrogen-bond donors (Lipinski definition) is 1. The zero-order valence-electron chi connectivity index (χ0n) is 13.5. The molecule has 0 spiro atoms. The first kappa shape index (κ1) is 15.4. The second-order valence-electron chi connectivity index (χ2n) is 6.93. The van der Waals surface area contributed by atoms with Crippen LogP contribution in [-0.2, 0) is 0 Å². The number of fused-ring (bicyclic) bond motifs is 1. The van der Waals surface area contributed by atoms with E-state index < -0.39 is 0 Å². The van der Waals surface area contributed by atoms with Crippen LogP contribution in [0.25, 0.3) is 0 Å². The van der Waals surface area contributed by atoms with Crippen molar-refractivity contribution in [3.8, 4) is 0 Å². The third-order valence-corrected chi connectivity index (χ3v) is 5.35. The molecule has 0 aliphatic heterocycles. The van der Waals surface area contributed by atoms with E-state index in [1.165, 1.54) is 18.4 Å². The maximum atomic E-state index is 12.2. The van der Waals surface area contributed by atoms with Crippen molar-refractivity contribution in [1.82, 2.24) is 10.2 Å². The van der Waals surface area contributed by atoms with Gasteiger partial charge in [0.2, 0.25) is 0 Å². The van der Waals surface area contributed by atoms with E-state index in [1.54, 1.807) is 0 Å². The molecule has 0 aromatic heterocycles. The molecule has 114 valence electrons. The molecule has 3 rings (SSSR count). The second kappa shape index (κ2) is 6.19. The Morgan fingerprint density at radius 3 is 2.75 bits per heavy atom. The quantitative estimate of drug-likeness (QED) is 0.736. The van der Waals surface area contributed by atoms with Crippen molar-refractivity contribution in [1.29, 1.82) is 0 Å². The fraction of sp³-hybridized carbons (Fsp3) is 0.824. The smallest absolute Gasteiger partial charge is 0.317 e. The lowest BCUT2D eigenvalue weighted by Crippen LogP contribution is -2.51. The van der Waals surface area contributed by atoms with E-state index in [0.717, 1.165) is 31.8 Å². The third-order valence-electron chi connectivity index (χ3n) is 5.35. The van der Waals surface area contributed by atoms with Crippen molar-refractivity contribution in [3.05, 3.63) is 11.6 Å². The Labute approximate surface area is 123 Å². The highest BCUT2D eigenvalue weighted by Crippen LogP contribution is 2.59. The van der Waals surface area contributed by atoms with Gasteiger partial charge in [0.15, 0.2) is 0 Å². The minimum atomic E-state index is 0.0982. The average Bonchev–Trinajstić information content (AvgIpc) is 2.43. The highest BCUT2D eigenvalue weighted by atomic mass is 16.2. The van der Waals surface area contributed by atoms with Crippen LogP contribution in [0.1, 0.15) is 53.4 Å². The van der Waals surface area contributed by atoms with E-state index in [1.807, 2.05) is 11.8 Å². The summed E-state index contributed by atoms with van der Waals surface area (Å²) in [5, 5.41) is 2.95. The summed E-state index contributed by atoms with van der Waals surface area (Å²) >= 11 is 0. The van der Waals surface area contributed by atoms with Crippen LogP contribution in [0.2, 0.25) is 0 Å². The summed E-state index contributed by atoms with van der Waals surface area (Å²) in [5.74, 6) is 1.56. The number of hydrogen-bond acceptors (Lipinski definition) is 1. The SMILES string of the molecule is CCCCN(CC1=CCC2CC1C2(C)C)C(=O)NCC. The number of carbonyl (C=O) groups excluding carboxylic acids is 1. The molecule has 2 bridgehead atoms. The molecular weight excluding hydrogens is 248 g/mol. The van der Waals surface area contributed by atoms with Gasteiger partial charge in [-0.2, -0.15) is 0 Å². The van der Waals surface area contributed by atoms with E-state index in [9.17, 15) is 4.79 Å². The monoisotopic (exact) mass is 278 g/mol. The van der Waals surface area contributed by atoms with Crippen LogP contribution in [0, 0.1) is 17.3 Å². The Morgan fingerprint density at radius 2 is 2.20 bits per heavy atom. The van der Waals surface area contributed by atoms with Crippen LogP contribution in [0.5, 0.6) is 0 Å². The molecular formula is C17H30N2O. The van der Waals surface area contributed by atoms with Gasteiger partial charge in [-0.25, -0.2) is 4.79 Å². The second-order valence-corrected chi connectivity index (χ2v) is 6.93. The van der Waals surface area contributed by atoms with E-state index in [4.69, 9.17) is 0 Å². The first-order valence-corrected chi connectivity index (χ1v) is 8.22. The summed E-state index contributed by atoms with van der Waals surface area (Å²) in [4.78, 5) is 14.2. The van der Waals surface area contributed by atoms with Crippen molar-refractivity contribution < 1.29 is 4.79 Å². The van der Waals surface area contributed by atoms with Gasteiger partial charge in [0, 0.05) is 19.6 Å². The van der Waals surface area contributed by atoms with Crippen LogP contribution >= 0.6 is 0 Å². The van der Waals surface area contributed by atoms with E-state index in [0.29, 0.717) is 17.9 Å². The highest BCUT2D eigenvalue weighted by Gasteiger charge is 2.51. The maximum Gasteiger partial charge on any atom is 0.317 e. The van der Waals surface area contributed by atoms with E-state index >= 15 is 0 Å².